The minimum Gasteiger partial charge on any atom is -0.481 e. The van der Waals surface area contributed by atoms with E-state index in [9.17, 15) is 38.4 Å². The quantitative estimate of drug-likeness (QED) is 0.0270. The molecule has 0 saturated carbocycles. The molecule has 108 heavy (non-hydrogen) atoms. The van der Waals surface area contributed by atoms with Crippen molar-refractivity contribution in [1.82, 2.24) is 0 Å². The van der Waals surface area contributed by atoms with Crippen molar-refractivity contribution < 1.29 is 149 Å². The summed E-state index contributed by atoms with van der Waals surface area (Å²) in [6, 6.07) is -5.73. The van der Waals surface area contributed by atoms with Gasteiger partial charge in [-0.2, -0.15) is 0 Å². The molecule has 0 aliphatic rings. The Kier molecular flexibility index (Phi) is 137. The SMILES string of the molecule is CC(=O)O.CC(=O)O.CC(=O)O.CC(=O)O.CC(=O)O.CC(=O)O.CC(=O)O.NCCCC[C@H](N)C(=O)O.NCCCC[C@H](N)C(=O)O.NCCCC[C@H](N)C(=O)O.NCCCC[C@H](N)C(=O)O.NCCCC[C@H](N)C(=O)O.NCCCC[C@H](N)C(=O)O.NCCCC[C@H](N)C(=O)O.NCCCC[C@H](N)C(=O)O. The molecule has 0 aliphatic carbocycles. The van der Waals surface area contributed by atoms with E-state index in [0.717, 1.165) is 151 Å². The summed E-state index contributed by atoms with van der Waals surface area (Å²) in [7, 11) is 0. The maximum atomic E-state index is 10.1. The summed E-state index contributed by atoms with van der Waals surface area (Å²) in [5.41, 5.74) is 83.4. The molecule has 0 aromatic carbocycles. The average Bonchev–Trinajstić information content (AvgIpc) is 1.21. The van der Waals surface area contributed by atoms with Gasteiger partial charge in [0.25, 0.3) is 41.8 Å². The predicted molar refractivity (Wildman–Crippen MR) is 401 cm³/mol. The van der Waals surface area contributed by atoms with E-state index in [1.807, 2.05) is 0 Å². The fourth-order valence-electron chi connectivity index (χ4n) is 5.06. The van der Waals surface area contributed by atoms with E-state index in [4.69, 9.17) is 202 Å². The van der Waals surface area contributed by atoms with Gasteiger partial charge < -0.3 is 168 Å². The van der Waals surface area contributed by atoms with Crippen LogP contribution in [0, 0.1) is 0 Å². The first-order chi connectivity index (χ1) is 49.6. The zero-order chi connectivity index (χ0) is 88.9. The molecule has 0 bridgehead atoms. The Morgan fingerprint density at radius 1 is 0.167 bits per heavy atom. The van der Waals surface area contributed by atoms with Crippen LogP contribution in [-0.4, -0.2) is 267 Å². The summed E-state index contributed by atoms with van der Waals surface area (Å²) in [6.45, 7) is 12.4. The van der Waals surface area contributed by atoms with Gasteiger partial charge >= 0.3 is 47.8 Å². The highest BCUT2D eigenvalue weighted by molar-refractivity contribution is 5.75. The molecule has 0 radical (unpaired) electrons. The topological polar surface area (TPSA) is 976 Å². The Hall–Kier alpha value is -8.59. The van der Waals surface area contributed by atoms with Crippen molar-refractivity contribution in [2.45, 2.75) is 251 Å². The van der Waals surface area contributed by atoms with Crippen LogP contribution in [-0.2, 0) is 71.9 Å². The van der Waals surface area contributed by atoms with Gasteiger partial charge in [0.2, 0.25) is 0 Å². The molecule has 648 valence electrons. The molecule has 46 heteroatoms. The van der Waals surface area contributed by atoms with E-state index < -0.39 is 138 Å². The summed E-state index contributed by atoms with van der Waals surface area (Å²) in [5.74, 6) is -13.3. The molecule has 0 unspecified atom stereocenters. The van der Waals surface area contributed by atoms with Crippen LogP contribution in [0.25, 0.3) is 0 Å². The van der Waals surface area contributed by atoms with E-state index in [0.29, 0.717) is 104 Å². The van der Waals surface area contributed by atoms with Gasteiger partial charge in [-0.25, -0.2) is 0 Å². The van der Waals surface area contributed by atoms with Gasteiger partial charge in [0, 0.05) is 48.5 Å². The van der Waals surface area contributed by atoms with Crippen molar-refractivity contribution in [2.75, 3.05) is 52.4 Å². The number of hydrogen-bond acceptors (Lipinski definition) is 31. The largest absolute Gasteiger partial charge is 0.481 e. The summed E-state index contributed by atoms with van der Waals surface area (Å²) in [4.78, 5) is 144. The van der Waals surface area contributed by atoms with Gasteiger partial charge in [-0.15, -0.1) is 0 Å². The van der Waals surface area contributed by atoms with Gasteiger partial charge in [0.05, 0.1) is 0 Å². The number of aliphatic carboxylic acids is 15. The lowest BCUT2D eigenvalue weighted by Crippen LogP contribution is -2.29. The molecule has 0 saturated heterocycles. The third kappa shape index (κ3) is 225. The summed E-state index contributed by atoms with van der Waals surface area (Å²) < 4.78 is 0. The summed E-state index contributed by atoms with van der Waals surface area (Å²) >= 11 is 0. The molecule has 0 amide bonds. The van der Waals surface area contributed by atoms with Crippen molar-refractivity contribution in [3.8, 4) is 0 Å². The highest BCUT2D eigenvalue weighted by atomic mass is 16.4. The highest BCUT2D eigenvalue weighted by Gasteiger charge is 2.14. The van der Waals surface area contributed by atoms with Crippen LogP contribution in [0.5, 0.6) is 0 Å². The summed E-state index contributed by atoms with van der Waals surface area (Å²) in [5, 5.41) is 119. The molecule has 8 atom stereocenters. The van der Waals surface area contributed by atoms with Crippen molar-refractivity contribution in [3.05, 3.63) is 0 Å². The number of carboxylic acids is 15. The second kappa shape index (κ2) is 109. The van der Waals surface area contributed by atoms with Crippen molar-refractivity contribution in [3.63, 3.8) is 0 Å². The molecule has 0 aliphatic heterocycles. The van der Waals surface area contributed by atoms with Crippen LogP contribution in [0.2, 0.25) is 0 Å². The van der Waals surface area contributed by atoms with Gasteiger partial charge in [0.1, 0.15) is 48.3 Å². The van der Waals surface area contributed by atoms with Gasteiger partial charge in [-0.1, -0.05) is 51.4 Å². The van der Waals surface area contributed by atoms with Crippen molar-refractivity contribution >= 4 is 89.5 Å². The second-order valence-electron chi connectivity index (χ2n) is 21.5. The molecular weight excluding hydrogens is 1450 g/mol. The van der Waals surface area contributed by atoms with Crippen LogP contribution >= 0.6 is 0 Å². The monoisotopic (exact) mass is 1590 g/mol. The van der Waals surface area contributed by atoms with Crippen LogP contribution in [0.4, 0.5) is 0 Å². The lowest BCUT2D eigenvalue weighted by atomic mass is 10.1. The maximum absolute atomic E-state index is 10.1. The Morgan fingerprint density at radius 3 is 0.259 bits per heavy atom. The molecule has 0 aromatic heterocycles. The van der Waals surface area contributed by atoms with Crippen LogP contribution < -0.4 is 91.7 Å². The molecule has 0 rings (SSSR count). The van der Waals surface area contributed by atoms with Crippen molar-refractivity contribution in [1.29, 1.82) is 0 Å². The smallest absolute Gasteiger partial charge is 0.320 e. The van der Waals surface area contributed by atoms with Crippen LogP contribution in [0.15, 0.2) is 0 Å². The Bertz CT molecular complexity index is 1730. The second-order valence-corrected chi connectivity index (χ2v) is 21.5. The molecule has 0 heterocycles. The van der Waals surface area contributed by atoms with Gasteiger partial charge in [-0.05, 0) is 155 Å². The summed E-state index contributed by atoms with van der Waals surface area (Å²) in [6.07, 6.45) is 17.3. The number of carboxylic acid groups (broad SMARTS) is 15. The zero-order valence-corrected chi connectivity index (χ0v) is 63.8. The standard InChI is InChI=1S/8C6H14N2O2.7C2H4O2/c8*7-4-2-1-3-5(8)6(9)10;7*1-2(3)4/h8*5H,1-4,7-8H2,(H,9,10);7*1H3,(H,3,4)/t8*5-;;;;;;;/m00000000......./s1. The maximum Gasteiger partial charge on any atom is 0.320 e. The first-order valence-corrected chi connectivity index (χ1v) is 33.4. The first-order valence-electron chi connectivity index (χ1n) is 33.4. The third-order valence-corrected chi connectivity index (χ3v) is 10.3. The van der Waals surface area contributed by atoms with Crippen LogP contribution in [0.1, 0.15) is 203 Å². The fourth-order valence-corrected chi connectivity index (χ4v) is 5.06. The number of nitrogens with two attached hydrogens (primary N) is 16. The van der Waals surface area contributed by atoms with Gasteiger partial charge in [-0.3, -0.25) is 71.9 Å². The van der Waals surface area contributed by atoms with E-state index in [1.54, 1.807) is 0 Å². The van der Waals surface area contributed by atoms with Crippen LogP contribution in [0.3, 0.4) is 0 Å². The number of hydrogen-bond donors (Lipinski definition) is 31. The van der Waals surface area contributed by atoms with E-state index >= 15 is 0 Å². The highest BCUT2D eigenvalue weighted by Crippen LogP contribution is 2.02. The fraction of sp³-hybridized carbons (Fsp3) is 0.758. The number of rotatable bonds is 40. The molecular formula is C62H140N16O30. The van der Waals surface area contributed by atoms with E-state index in [2.05, 4.69) is 0 Å². The molecule has 0 aromatic rings. The number of unbranched alkanes of at least 4 members (excludes halogenated alkanes) is 8. The predicted octanol–water partition coefficient (Wildman–Crippen LogP) is -3.15. The minimum atomic E-state index is -0.933. The van der Waals surface area contributed by atoms with Crippen molar-refractivity contribution in [2.24, 2.45) is 91.7 Å². The van der Waals surface area contributed by atoms with Gasteiger partial charge in [0.15, 0.2) is 0 Å². The molecule has 47 N–H and O–H groups in total. The molecule has 46 nitrogen and oxygen atoms in total. The lowest BCUT2D eigenvalue weighted by Gasteiger charge is -2.03. The Labute approximate surface area is 631 Å². The molecule has 0 spiro atoms. The number of carbonyl (C=O) groups is 15. The normalized spacial score (nSPS) is 11.2. The lowest BCUT2D eigenvalue weighted by molar-refractivity contribution is -0.139. The average molecular weight is 1590 g/mol. The van der Waals surface area contributed by atoms with E-state index in [-0.39, 0.29) is 0 Å². The molecule has 0 fully saturated rings. The Balaban J connectivity index is -0.0000000670. The third-order valence-electron chi connectivity index (χ3n) is 10.3. The minimum absolute atomic E-state index is 0.520. The first kappa shape index (κ1) is 135. The zero-order valence-electron chi connectivity index (χ0n) is 63.8. The van der Waals surface area contributed by atoms with E-state index in [1.165, 1.54) is 0 Å². The Morgan fingerprint density at radius 2 is 0.222 bits per heavy atom.